The highest BCUT2D eigenvalue weighted by atomic mass is 16.5. The summed E-state index contributed by atoms with van der Waals surface area (Å²) in [5.74, 6) is 2.26. The fourth-order valence-electron chi connectivity index (χ4n) is 3.96. The van der Waals surface area contributed by atoms with E-state index in [1.165, 1.54) is 0 Å². The fourth-order valence-corrected chi connectivity index (χ4v) is 3.96. The van der Waals surface area contributed by atoms with E-state index in [-0.39, 0.29) is 11.8 Å². The van der Waals surface area contributed by atoms with E-state index in [9.17, 15) is 9.59 Å². The van der Waals surface area contributed by atoms with Gasteiger partial charge in [-0.1, -0.05) is 0 Å². The lowest BCUT2D eigenvalue weighted by Gasteiger charge is -2.34. The SMILES string of the molecule is COc1ccc(C(=O)N2CCC(C3CCN(C(C)=O)CC3)C2)cc1. The Morgan fingerprint density at radius 1 is 0.958 bits per heavy atom. The zero-order valence-electron chi connectivity index (χ0n) is 14.5. The van der Waals surface area contributed by atoms with Crippen LogP contribution in [0.3, 0.4) is 0 Å². The quantitative estimate of drug-likeness (QED) is 0.855. The van der Waals surface area contributed by atoms with Gasteiger partial charge in [0.25, 0.3) is 5.91 Å². The van der Waals surface area contributed by atoms with E-state index in [4.69, 9.17) is 4.74 Å². The first-order valence-electron chi connectivity index (χ1n) is 8.77. The summed E-state index contributed by atoms with van der Waals surface area (Å²) < 4.78 is 5.14. The van der Waals surface area contributed by atoms with Crippen molar-refractivity contribution in [2.75, 3.05) is 33.3 Å². The van der Waals surface area contributed by atoms with Crippen molar-refractivity contribution in [1.29, 1.82) is 0 Å². The molecular weight excluding hydrogens is 304 g/mol. The maximum atomic E-state index is 12.6. The summed E-state index contributed by atoms with van der Waals surface area (Å²) in [5.41, 5.74) is 0.725. The molecule has 2 aliphatic heterocycles. The summed E-state index contributed by atoms with van der Waals surface area (Å²) in [6.07, 6.45) is 3.20. The van der Waals surface area contributed by atoms with Gasteiger partial charge in [-0.3, -0.25) is 9.59 Å². The van der Waals surface area contributed by atoms with E-state index in [2.05, 4.69) is 0 Å². The molecule has 1 unspecified atom stereocenters. The smallest absolute Gasteiger partial charge is 0.253 e. The third-order valence-electron chi connectivity index (χ3n) is 5.50. The van der Waals surface area contributed by atoms with Crippen molar-refractivity contribution in [2.45, 2.75) is 26.2 Å². The first-order chi connectivity index (χ1) is 11.6. The number of benzene rings is 1. The molecule has 0 saturated carbocycles. The lowest BCUT2D eigenvalue weighted by atomic mass is 9.84. The minimum atomic E-state index is 0.112. The van der Waals surface area contributed by atoms with Crippen molar-refractivity contribution >= 4 is 11.8 Å². The van der Waals surface area contributed by atoms with Gasteiger partial charge < -0.3 is 14.5 Å². The predicted octanol–water partition coefficient (Wildman–Crippen LogP) is 2.42. The summed E-state index contributed by atoms with van der Waals surface area (Å²) in [7, 11) is 1.62. The molecule has 0 radical (unpaired) electrons. The molecule has 0 N–H and O–H groups in total. The Balaban J connectivity index is 1.55. The van der Waals surface area contributed by atoms with Crippen molar-refractivity contribution < 1.29 is 14.3 Å². The van der Waals surface area contributed by atoms with Crippen molar-refractivity contribution in [3.63, 3.8) is 0 Å². The van der Waals surface area contributed by atoms with Crippen molar-refractivity contribution in [2.24, 2.45) is 11.8 Å². The van der Waals surface area contributed by atoms with Gasteiger partial charge in [-0.05, 0) is 55.4 Å². The molecule has 2 saturated heterocycles. The van der Waals surface area contributed by atoms with Gasteiger partial charge in [0.15, 0.2) is 0 Å². The molecule has 5 heteroatoms. The minimum Gasteiger partial charge on any atom is -0.497 e. The number of rotatable bonds is 3. The molecule has 0 spiro atoms. The first kappa shape index (κ1) is 16.8. The second-order valence-electron chi connectivity index (χ2n) is 6.87. The van der Waals surface area contributed by atoms with Crippen molar-refractivity contribution in [1.82, 2.24) is 9.80 Å². The molecule has 2 heterocycles. The van der Waals surface area contributed by atoms with E-state index in [1.807, 2.05) is 34.1 Å². The molecule has 1 aromatic rings. The molecular formula is C19H26N2O3. The highest BCUT2D eigenvalue weighted by Gasteiger charge is 2.34. The summed E-state index contributed by atoms with van der Waals surface area (Å²) in [6, 6.07) is 7.33. The van der Waals surface area contributed by atoms with E-state index in [1.54, 1.807) is 14.0 Å². The van der Waals surface area contributed by atoms with E-state index in [0.29, 0.717) is 11.8 Å². The topological polar surface area (TPSA) is 49.9 Å². The molecule has 130 valence electrons. The largest absolute Gasteiger partial charge is 0.497 e. The van der Waals surface area contributed by atoms with Crippen LogP contribution >= 0.6 is 0 Å². The van der Waals surface area contributed by atoms with Gasteiger partial charge in [-0.15, -0.1) is 0 Å². The molecule has 2 aliphatic rings. The third-order valence-corrected chi connectivity index (χ3v) is 5.50. The number of piperidine rings is 1. The van der Waals surface area contributed by atoms with Crippen molar-refractivity contribution in [3.05, 3.63) is 29.8 Å². The molecule has 5 nitrogen and oxygen atoms in total. The molecule has 3 rings (SSSR count). The van der Waals surface area contributed by atoms with Crippen LogP contribution in [0.2, 0.25) is 0 Å². The highest BCUT2D eigenvalue weighted by molar-refractivity contribution is 5.94. The van der Waals surface area contributed by atoms with Gasteiger partial charge in [0, 0.05) is 38.7 Å². The Hall–Kier alpha value is -2.04. The lowest BCUT2D eigenvalue weighted by Crippen LogP contribution is -2.39. The number of carbonyl (C=O) groups excluding carboxylic acids is 2. The molecule has 0 aromatic heterocycles. The predicted molar refractivity (Wildman–Crippen MR) is 92.0 cm³/mol. The Kier molecular flexibility index (Phi) is 5.07. The van der Waals surface area contributed by atoms with Gasteiger partial charge in [-0.25, -0.2) is 0 Å². The molecule has 2 amide bonds. The normalized spacial score (nSPS) is 21.8. The van der Waals surface area contributed by atoms with Crippen LogP contribution in [-0.4, -0.2) is 54.9 Å². The Morgan fingerprint density at radius 3 is 2.12 bits per heavy atom. The number of amides is 2. The molecule has 0 bridgehead atoms. The molecule has 0 aliphatic carbocycles. The average molecular weight is 330 g/mol. The van der Waals surface area contributed by atoms with E-state index >= 15 is 0 Å². The number of likely N-dealkylation sites (tertiary alicyclic amines) is 2. The summed E-state index contributed by atoms with van der Waals surface area (Å²) in [5, 5.41) is 0. The number of hydrogen-bond acceptors (Lipinski definition) is 3. The number of ether oxygens (including phenoxy) is 1. The number of nitrogens with zero attached hydrogens (tertiary/aromatic N) is 2. The van der Waals surface area contributed by atoms with Gasteiger partial charge in [0.05, 0.1) is 7.11 Å². The van der Waals surface area contributed by atoms with Gasteiger partial charge in [0.2, 0.25) is 5.91 Å². The van der Waals surface area contributed by atoms with Crippen LogP contribution in [0.5, 0.6) is 5.75 Å². The minimum absolute atomic E-state index is 0.112. The number of carbonyl (C=O) groups is 2. The van der Waals surface area contributed by atoms with Crippen LogP contribution in [0.15, 0.2) is 24.3 Å². The van der Waals surface area contributed by atoms with E-state index < -0.39 is 0 Å². The van der Waals surface area contributed by atoms with Crippen molar-refractivity contribution in [3.8, 4) is 5.75 Å². The molecule has 1 aromatic carbocycles. The van der Waals surface area contributed by atoms with Gasteiger partial charge >= 0.3 is 0 Å². The summed E-state index contributed by atoms with van der Waals surface area (Å²) >= 11 is 0. The second-order valence-corrected chi connectivity index (χ2v) is 6.87. The van der Waals surface area contributed by atoms with Crippen LogP contribution in [0.4, 0.5) is 0 Å². The molecule has 2 fully saturated rings. The molecule has 24 heavy (non-hydrogen) atoms. The summed E-state index contributed by atoms with van der Waals surface area (Å²) in [4.78, 5) is 28.0. The number of methoxy groups -OCH3 is 1. The fraction of sp³-hybridized carbons (Fsp3) is 0.579. The zero-order valence-corrected chi connectivity index (χ0v) is 14.5. The standard InChI is InChI=1S/C19H26N2O3/c1-14(22)20-10-7-15(8-11-20)17-9-12-21(13-17)19(23)16-3-5-18(24-2)6-4-16/h3-6,15,17H,7-13H2,1-2H3. The highest BCUT2D eigenvalue weighted by Crippen LogP contribution is 2.32. The Labute approximate surface area is 143 Å². The summed E-state index contributed by atoms with van der Waals surface area (Å²) in [6.45, 7) is 5.05. The van der Waals surface area contributed by atoms with Crippen LogP contribution in [-0.2, 0) is 4.79 Å². The first-order valence-corrected chi connectivity index (χ1v) is 8.77. The van der Waals surface area contributed by atoms with Crippen LogP contribution < -0.4 is 4.74 Å². The average Bonchev–Trinajstić information content (AvgIpc) is 3.11. The number of hydrogen-bond donors (Lipinski definition) is 0. The lowest BCUT2D eigenvalue weighted by molar-refractivity contribution is -0.130. The monoisotopic (exact) mass is 330 g/mol. The van der Waals surface area contributed by atoms with E-state index in [0.717, 1.165) is 56.8 Å². The maximum absolute atomic E-state index is 12.6. The Bertz CT molecular complexity index is 591. The van der Waals surface area contributed by atoms with Crippen LogP contribution in [0, 0.1) is 11.8 Å². The van der Waals surface area contributed by atoms with Gasteiger partial charge in [-0.2, -0.15) is 0 Å². The maximum Gasteiger partial charge on any atom is 0.253 e. The van der Waals surface area contributed by atoms with Crippen LogP contribution in [0.25, 0.3) is 0 Å². The molecule has 1 atom stereocenters. The van der Waals surface area contributed by atoms with Crippen LogP contribution in [0.1, 0.15) is 36.5 Å². The Morgan fingerprint density at radius 2 is 1.54 bits per heavy atom. The second kappa shape index (κ2) is 7.24. The zero-order chi connectivity index (χ0) is 17.1. The van der Waals surface area contributed by atoms with Gasteiger partial charge in [0.1, 0.15) is 5.75 Å². The third kappa shape index (κ3) is 3.55.